The van der Waals surface area contributed by atoms with Crippen LogP contribution < -0.4 is 10.6 Å². The smallest absolute Gasteiger partial charge is 0.225 e. The SMILES string of the molecule is c1ccc(-c2cc(NC[C@H]3CCCO3)nc(NC3CCCCC3)n2)cc1. The third-order valence-electron chi connectivity index (χ3n) is 5.27. The average Bonchev–Trinajstić information content (AvgIpc) is 3.21. The summed E-state index contributed by atoms with van der Waals surface area (Å²) in [5, 5.41) is 7.02. The molecule has 1 aliphatic carbocycles. The highest BCUT2D eigenvalue weighted by molar-refractivity contribution is 5.64. The minimum absolute atomic E-state index is 0.292. The fraction of sp³-hybridized carbons (Fsp3) is 0.524. The third kappa shape index (κ3) is 4.52. The lowest BCUT2D eigenvalue weighted by Gasteiger charge is -2.23. The van der Waals surface area contributed by atoms with Crippen LogP contribution in [0.1, 0.15) is 44.9 Å². The molecule has 2 heterocycles. The van der Waals surface area contributed by atoms with Crippen molar-refractivity contribution in [1.82, 2.24) is 9.97 Å². The number of ether oxygens (including phenoxy) is 1. The molecule has 0 radical (unpaired) electrons. The zero-order valence-corrected chi connectivity index (χ0v) is 15.3. The number of benzene rings is 1. The topological polar surface area (TPSA) is 59.1 Å². The van der Waals surface area contributed by atoms with Crippen molar-refractivity contribution in [3.8, 4) is 11.3 Å². The van der Waals surface area contributed by atoms with Crippen molar-refractivity contribution >= 4 is 11.8 Å². The highest BCUT2D eigenvalue weighted by atomic mass is 16.5. The number of hydrogen-bond acceptors (Lipinski definition) is 5. The molecule has 1 saturated carbocycles. The summed E-state index contributed by atoms with van der Waals surface area (Å²) in [6, 6.07) is 12.8. The standard InChI is InChI=1S/C21H28N4O/c1-3-8-16(9-4-1)19-14-20(22-15-18-12-7-13-26-18)25-21(24-19)23-17-10-5-2-6-11-17/h1,3-4,8-9,14,17-18H,2,5-7,10-13,15H2,(H2,22,23,24,25)/t18-/m1/s1. The molecule has 1 aliphatic heterocycles. The van der Waals surface area contributed by atoms with Crippen LogP contribution in [0.15, 0.2) is 36.4 Å². The van der Waals surface area contributed by atoms with Crippen LogP contribution in [0.5, 0.6) is 0 Å². The molecule has 1 saturated heterocycles. The second kappa shape index (κ2) is 8.49. The molecule has 2 N–H and O–H groups in total. The molecule has 5 nitrogen and oxygen atoms in total. The van der Waals surface area contributed by atoms with Crippen LogP contribution >= 0.6 is 0 Å². The van der Waals surface area contributed by atoms with Crippen LogP contribution in [-0.2, 0) is 4.74 Å². The molecular formula is C21H28N4O. The summed E-state index contributed by atoms with van der Waals surface area (Å²) in [6.45, 7) is 1.67. The number of hydrogen-bond donors (Lipinski definition) is 2. The van der Waals surface area contributed by atoms with Gasteiger partial charge in [-0.25, -0.2) is 4.98 Å². The maximum absolute atomic E-state index is 5.72. The van der Waals surface area contributed by atoms with Gasteiger partial charge in [-0.15, -0.1) is 0 Å². The van der Waals surface area contributed by atoms with Gasteiger partial charge in [-0.1, -0.05) is 49.6 Å². The Morgan fingerprint density at radius 2 is 1.81 bits per heavy atom. The quantitative estimate of drug-likeness (QED) is 0.803. The van der Waals surface area contributed by atoms with E-state index in [-0.39, 0.29) is 0 Å². The van der Waals surface area contributed by atoms with E-state index in [1.165, 1.54) is 32.1 Å². The van der Waals surface area contributed by atoms with Gasteiger partial charge < -0.3 is 15.4 Å². The second-order valence-electron chi connectivity index (χ2n) is 7.32. The van der Waals surface area contributed by atoms with E-state index >= 15 is 0 Å². The van der Waals surface area contributed by atoms with Crippen LogP contribution in [0.25, 0.3) is 11.3 Å². The predicted molar refractivity (Wildman–Crippen MR) is 105 cm³/mol. The lowest BCUT2D eigenvalue weighted by molar-refractivity contribution is 0.120. The summed E-state index contributed by atoms with van der Waals surface area (Å²) in [7, 11) is 0. The molecular weight excluding hydrogens is 324 g/mol. The Kier molecular flexibility index (Phi) is 5.65. The number of aromatic nitrogens is 2. The van der Waals surface area contributed by atoms with Gasteiger partial charge in [-0.2, -0.15) is 4.98 Å². The van der Waals surface area contributed by atoms with Crippen molar-refractivity contribution in [2.45, 2.75) is 57.1 Å². The molecule has 4 rings (SSSR count). The Hall–Kier alpha value is -2.14. The first-order valence-electron chi connectivity index (χ1n) is 9.93. The summed E-state index contributed by atoms with van der Waals surface area (Å²) in [5.74, 6) is 1.60. The fourth-order valence-corrected chi connectivity index (χ4v) is 3.81. The first kappa shape index (κ1) is 17.3. The van der Waals surface area contributed by atoms with Crippen LogP contribution in [-0.4, -0.2) is 35.3 Å². The Bertz CT molecular complexity index is 694. The highest BCUT2D eigenvalue weighted by Gasteiger charge is 2.17. The van der Waals surface area contributed by atoms with E-state index in [4.69, 9.17) is 14.7 Å². The molecule has 1 atom stereocenters. The molecule has 1 aromatic heterocycles. The Morgan fingerprint density at radius 3 is 2.58 bits per heavy atom. The van der Waals surface area contributed by atoms with Crippen molar-refractivity contribution in [3.05, 3.63) is 36.4 Å². The molecule has 2 aromatic rings. The van der Waals surface area contributed by atoms with Gasteiger partial charge in [0.05, 0.1) is 11.8 Å². The number of nitrogens with zero attached hydrogens (tertiary/aromatic N) is 2. The molecule has 26 heavy (non-hydrogen) atoms. The van der Waals surface area contributed by atoms with E-state index in [2.05, 4.69) is 22.8 Å². The lowest BCUT2D eigenvalue weighted by atomic mass is 9.96. The summed E-state index contributed by atoms with van der Waals surface area (Å²) in [5.41, 5.74) is 2.07. The molecule has 2 aliphatic rings. The first-order chi connectivity index (χ1) is 12.9. The second-order valence-corrected chi connectivity index (χ2v) is 7.32. The Balaban J connectivity index is 1.54. The maximum atomic E-state index is 5.72. The van der Waals surface area contributed by atoms with Gasteiger partial charge in [0.2, 0.25) is 5.95 Å². The summed E-state index contributed by atoms with van der Waals surface area (Å²) >= 11 is 0. The van der Waals surface area contributed by atoms with Gasteiger partial charge in [0.25, 0.3) is 0 Å². The van der Waals surface area contributed by atoms with Crippen molar-refractivity contribution in [1.29, 1.82) is 0 Å². The van der Waals surface area contributed by atoms with Crippen molar-refractivity contribution in [2.24, 2.45) is 0 Å². The van der Waals surface area contributed by atoms with E-state index in [0.29, 0.717) is 12.1 Å². The molecule has 138 valence electrons. The Morgan fingerprint density at radius 1 is 0.962 bits per heavy atom. The molecule has 5 heteroatoms. The molecule has 0 bridgehead atoms. The van der Waals surface area contributed by atoms with E-state index in [9.17, 15) is 0 Å². The van der Waals surface area contributed by atoms with Crippen LogP contribution in [0.3, 0.4) is 0 Å². The van der Waals surface area contributed by atoms with E-state index < -0.39 is 0 Å². The van der Waals surface area contributed by atoms with Crippen LogP contribution in [0.2, 0.25) is 0 Å². The minimum Gasteiger partial charge on any atom is -0.376 e. The predicted octanol–water partition coefficient (Wildman–Crippen LogP) is 4.48. The van der Waals surface area contributed by atoms with Gasteiger partial charge in [0, 0.05) is 30.8 Å². The van der Waals surface area contributed by atoms with Gasteiger partial charge in [0.1, 0.15) is 5.82 Å². The van der Waals surface area contributed by atoms with E-state index in [1.54, 1.807) is 0 Å². The molecule has 1 aromatic carbocycles. The largest absolute Gasteiger partial charge is 0.376 e. The van der Waals surface area contributed by atoms with Crippen LogP contribution in [0.4, 0.5) is 11.8 Å². The van der Waals surface area contributed by atoms with Crippen molar-refractivity contribution in [2.75, 3.05) is 23.8 Å². The van der Waals surface area contributed by atoms with Gasteiger partial charge in [-0.3, -0.25) is 0 Å². The average molecular weight is 352 g/mol. The number of rotatable bonds is 6. The van der Waals surface area contributed by atoms with E-state index in [1.807, 2.05) is 24.3 Å². The Labute approximate surface area is 155 Å². The van der Waals surface area contributed by atoms with Gasteiger partial charge >= 0.3 is 0 Å². The first-order valence-corrected chi connectivity index (χ1v) is 9.93. The summed E-state index contributed by atoms with van der Waals surface area (Å²) < 4.78 is 5.72. The highest BCUT2D eigenvalue weighted by Crippen LogP contribution is 2.25. The zero-order chi connectivity index (χ0) is 17.6. The fourth-order valence-electron chi connectivity index (χ4n) is 3.81. The summed E-state index contributed by atoms with van der Waals surface area (Å²) in [6.07, 6.45) is 8.91. The van der Waals surface area contributed by atoms with E-state index in [0.717, 1.165) is 49.0 Å². The van der Waals surface area contributed by atoms with Crippen molar-refractivity contribution < 1.29 is 4.74 Å². The van der Waals surface area contributed by atoms with Crippen molar-refractivity contribution in [3.63, 3.8) is 0 Å². The minimum atomic E-state index is 0.292. The number of nitrogens with one attached hydrogen (secondary N) is 2. The lowest BCUT2D eigenvalue weighted by Crippen LogP contribution is -2.24. The summed E-state index contributed by atoms with van der Waals surface area (Å²) in [4.78, 5) is 9.51. The molecule has 0 unspecified atom stereocenters. The normalized spacial score (nSPS) is 20.8. The monoisotopic (exact) mass is 352 g/mol. The molecule has 2 fully saturated rings. The van der Waals surface area contributed by atoms with Crippen LogP contribution in [0, 0.1) is 0 Å². The zero-order valence-electron chi connectivity index (χ0n) is 15.3. The molecule has 0 spiro atoms. The maximum Gasteiger partial charge on any atom is 0.225 e. The van der Waals surface area contributed by atoms with Gasteiger partial charge in [0.15, 0.2) is 0 Å². The third-order valence-corrected chi connectivity index (χ3v) is 5.27. The van der Waals surface area contributed by atoms with Gasteiger partial charge in [-0.05, 0) is 25.7 Å². The number of anilines is 2. The molecule has 0 amide bonds.